The highest BCUT2D eigenvalue weighted by atomic mass is 35.5. The van der Waals surface area contributed by atoms with E-state index in [9.17, 15) is 9.90 Å². The van der Waals surface area contributed by atoms with Gasteiger partial charge in [-0.1, -0.05) is 29.8 Å². The predicted molar refractivity (Wildman–Crippen MR) is 99.6 cm³/mol. The van der Waals surface area contributed by atoms with Gasteiger partial charge >= 0.3 is 0 Å². The number of carbonyl (C=O) groups is 1. The summed E-state index contributed by atoms with van der Waals surface area (Å²) in [4.78, 5) is 19.2. The van der Waals surface area contributed by atoms with Crippen molar-refractivity contribution in [2.24, 2.45) is 4.99 Å². The van der Waals surface area contributed by atoms with E-state index in [0.717, 1.165) is 5.69 Å². The summed E-state index contributed by atoms with van der Waals surface area (Å²) < 4.78 is 0. The number of likely N-dealkylation sites (N-methyl/N-ethyl adjacent to an activating group) is 1. The molecule has 24 heavy (non-hydrogen) atoms. The Morgan fingerprint density at radius 2 is 1.92 bits per heavy atom. The van der Waals surface area contributed by atoms with Crippen molar-refractivity contribution in [3.05, 3.63) is 64.0 Å². The predicted octanol–water partition coefficient (Wildman–Crippen LogP) is 4.67. The average molecular weight is 359 g/mol. The standard InChI is InChI=1S/C18H15ClN2O2S/c1-2-21-17(23)16(11-12-5-3-4-6-15(12)22)24-18(21)20-14-9-7-13(19)8-10-14/h3-11,22H,2H2,1H3/b16-11+,20-18?. The molecular formula is C18H15ClN2O2S. The molecule has 1 heterocycles. The number of para-hydroxylation sites is 1. The third kappa shape index (κ3) is 3.47. The lowest BCUT2D eigenvalue weighted by atomic mass is 10.2. The summed E-state index contributed by atoms with van der Waals surface area (Å²) >= 11 is 7.18. The second kappa shape index (κ2) is 7.11. The number of carbonyl (C=O) groups excluding carboxylic acids is 1. The first-order valence-electron chi connectivity index (χ1n) is 7.42. The number of thioether (sulfide) groups is 1. The van der Waals surface area contributed by atoms with Gasteiger partial charge in [0.15, 0.2) is 5.17 Å². The Morgan fingerprint density at radius 3 is 2.58 bits per heavy atom. The smallest absolute Gasteiger partial charge is 0.266 e. The van der Waals surface area contributed by atoms with Gasteiger partial charge in [-0.2, -0.15) is 0 Å². The van der Waals surface area contributed by atoms with E-state index in [-0.39, 0.29) is 11.7 Å². The van der Waals surface area contributed by atoms with Gasteiger partial charge in [-0.05, 0) is 55.1 Å². The molecule has 0 aliphatic carbocycles. The van der Waals surface area contributed by atoms with E-state index in [0.29, 0.717) is 27.2 Å². The molecule has 1 amide bonds. The van der Waals surface area contributed by atoms with Gasteiger partial charge in [0.2, 0.25) is 0 Å². The minimum atomic E-state index is -0.113. The number of hydrogen-bond acceptors (Lipinski definition) is 4. The zero-order valence-electron chi connectivity index (χ0n) is 12.9. The maximum absolute atomic E-state index is 12.6. The van der Waals surface area contributed by atoms with Crippen molar-refractivity contribution in [2.75, 3.05) is 6.54 Å². The maximum Gasteiger partial charge on any atom is 0.266 e. The minimum Gasteiger partial charge on any atom is -0.507 e. The van der Waals surface area contributed by atoms with E-state index in [1.54, 1.807) is 53.4 Å². The van der Waals surface area contributed by atoms with Crippen LogP contribution >= 0.6 is 23.4 Å². The van der Waals surface area contributed by atoms with E-state index in [4.69, 9.17) is 11.6 Å². The van der Waals surface area contributed by atoms with E-state index in [2.05, 4.69) is 4.99 Å². The fourth-order valence-electron chi connectivity index (χ4n) is 2.25. The summed E-state index contributed by atoms with van der Waals surface area (Å²) in [5.74, 6) is 0.0306. The molecule has 122 valence electrons. The Kier molecular flexibility index (Phi) is 4.92. The molecule has 0 atom stereocenters. The number of benzene rings is 2. The Morgan fingerprint density at radius 1 is 1.21 bits per heavy atom. The van der Waals surface area contributed by atoms with E-state index >= 15 is 0 Å². The number of nitrogens with zero attached hydrogens (tertiary/aromatic N) is 2. The first kappa shape index (κ1) is 16.6. The zero-order valence-corrected chi connectivity index (χ0v) is 14.5. The van der Waals surface area contributed by atoms with Crippen LogP contribution in [-0.4, -0.2) is 27.6 Å². The third-order valence-corrected chi connectivity index (χ3v) is 4.74. The Balaban J connectivity index is 1.94. The van der Waals surface area contributed by atoms with E-state index in [1.807, 2.05) is 13.0 Å². The van der Waals surface area contributed by atoms with Crippen LogP contribution in [-0.2, 0) is 4.79 Å². The maximum atomic E-state index is 12.6. The third-order valence-electron chi connectivity index (χ3n) is 3.48. The molecule has 0 aromatic heterocycles. The summed E-state index contributed by atoms with van der Waals surface area (Å²) in [6, 6.07) is 14.0. The number of amidine groups is 1. The molecule has 0 bridgehead atoms. The fraction of sp³-hybridized carbons (Fsp3) is 0.111. The number of rotatable bonds is 3. The van der Waals surface area contributed by atoms with Crippen LogP contribution in [0.2, 0.25) is 5.02 Å². The number of amides is 1. The van der Waals surface area contributed by atoms with Crippen molar-refractivity contribution in [3.63, 3.8) is 0 Å². The topological polar surface area (TPSA) is 52.9 Å². The van der Waals surface area contributed by atoms with Gasteiger partial charge in [0.1, 0.15) is 5.75 Å². The molecule has 1 fully saturated rings. The highest BCUT2D eigenvalue weighted by Crippen LogP contribution is 2.35. The van der Waals surface area contributed by atoms with Crippen molar-refractivity contribution in [1.82, 2.24) is 4.90 Å². The fourth-order valence-corrected chi connectivity index (χ4v) is 3.43. The molecule has 1 aliphatic rings. The van der Waals surface area contributed by atoms with Crippen LogP contribution < -0.4 is 0 Å². The summed E-state index contributed by atoms with van der Waals surface area (Å²) in [5.41, 5.74) is 1.34. The van der Waals surface area contributed by atoms with Crippen molar-refractivity contribution in [3.8, 4) is 5.75 Å². The van der Waals surface area contributed by atoms with Gasteiger partial charge in [0, 0.05) is 17.1 Å². The normalized spacial score (nSPS) is 17.9. The molecule has 0 saturated carbocycles. The van der Waals surface area contributed by atoms with Gasteiger partial charge in [0.25, 0.3) is 5.91 Å². The van der Waals surface area contributed by atoms with Crippen LogP contribution in [0.1, 0.15) is 12.5 Å². The lowest BCUT2D eigenvalue weighted by Crippen LogP contribution is -2.28. The number of halogens is 1. The lowest BCUT2D eigenvalue weighted by molar-refractivity contribution is -0.122. The molecule has 4 nitrogen and oxygen atoms in total. The molecule has 0 radical (unpaired) electrons. The second-order valence-electron chi connectivity index (χ2n) is 5.09. The van der Waals surface area contributed by atoms with Crippen LogP contribution in [0.15, 0.2) is 58.4 Å². The molecule has 1 aliphatic heterocycles. The monoisotopic (exact) mass is 358 g/mol. The summed E-state index contributed by atoms with van der Waals surface area (Å²) in [5, 5.41) is 11.1. The van der Waals surface area contributed by atoms with Crippen LogP contribution in [0.3, 0.4) is 0 Å². The molecule has 2 aromatic rings. The van der Waals surface area contributed by atoms with E-state index < -0.39 is 0 Å². The molecule has 6 heteroatoms. The van der Waals surface area contributed by atoms with Gasteiger partial charge in [-0.3, -0.25) is 9.69 Å². The van der Waals surface area contributed by atoms with Gasteiger partial charge < -0.3 is 5.11 Å². The Hall–Kier alpha value is -2.24. The molecule has 3 rings (SSSR count). The first-order chi connectivity index (χ1) is 11.6. The van der Waals surface area contributed by atoms with Crippen LogP contribution in [0.4, 0.5) is 5.69 Å². The Bertz CT molecular complexity index is 831. The summed E-state index contributed by atoms with van der Waals surface area (Å²) in [7, 11) is 0. The van der Waals surface area contributed by atoms with Gasteiger partial charge in [0.05, 0.1) is 10.6 Å². The van der Waals surface area contributed by atoms with Crippen LogP contribution in [0, 0.1) is 0 Å². The molecule has 1 saturated heterocycles. The minimum absolute atomic E-state index is 0.113. The average Bonchev–Trinajstić information content (AvgIpc) is 2.87. The molecule has 0 spiro atoms. The summed E-state index contributed by atoms with van der Waals surface area (Å²) in [6.45, 7) is 2.43. The molecular weight excluding hydrogens is 344 g/mol. The van der Waals surface area contributed by atoms with Gasteiger partial charge in [-0.15, -0.1) is 0 Å². The number of aliphatic imine (C=N–C) groups is 1. The molecule has 1 N–H and O–H groups in total. The van der Waals surface area contributed by atoms with Crippen molar-refractivity contribution in [2.45, 2.75) is 6.92 Å². The SMILES string of the molecule is CCN1C(=O)/C(=C\c2ccccc2O)SC1=Nc1ccc(Cl)cc1. The Labute approximate surface area is 149 Å². The number of phenols is 1. The number of phenolic OH excluding ortho intramolecular Hbond substituents is 1. The number of aromatic hydroxyl groups is 1. The summed E-state index contributed by atoms with van der Waals surface area (Å²) in [6.07, 6.45) is 1.69. The van der Waals surface area contributed by atoms with Crippen LogP contribution in [0.25, 0.3) is 6.08 Å². The van der Waals surface area contributed by atoms with E-state index in [1.165, 1.54) is 11.8 Å². The highest BCUT2D eigenvalue weighted by Gasteiger charge is 2.32. The highest BCUT2D eigenvalue weighted by molar-refractivity contribution is 8.18. The largest absolute Gasteiger partial charge is 0.507 e. The van der Waals surface area contributed by atoms with Gasteiger partial charge in [-0.25, -0.2) is 4.99 Å². The zero-order chi connectivity index (χ0) is 17.1. The molecule has 0 unspecified atom stereocenters. The first-order valence-corrected chi connectivity index (χ1v) is 8.61. The molecule has 2 aromatic carbocycles. The number of hydrogen-bond donors (Lipinski definition) is 1. The van der Waals surface area contributed by atoms with Crippen LogP contribution in [0.5, 0.6) is 5.75 Å². The lowest BCUT2D eigenvalue weighted by Gasteiger charge is -2.11. The van der Waals surface area contributed by atoms with Crippen molar-refractivity contribution >= 4 is 46.2 Å². The second-order valence-corrected chi connectivity index (χ2v) is 6.54. The van der Waals surface area contributed by atoms with Crippen molar-refractivity contribution < 1.29 is 9.90 Å². The quantitative estimate of drug-likeness (QED) is 0.811. The van der Waals surface area contributed by atoms with Crippen molar-refractivity contribution in [1.29, 1.82) is 0 Å².